The maximum Gasteiger partial charge on any atom is 0.0327 e. The monoisotopic (exact) mass is 197 g/mol. The number of nitrogens with two attached hydrogens (primary N) is 1. The molecule has 0 saturated heterocycles. The second-order valence-electron chi connectivity index (χ2n) is 4.56. The third-order valence-corrected chi connectivity index (χ3v) is 3.58. The molecular formula is C14H15N. The summed E-state index contributed by atoms with van der Waals surface area (Å²) in [4.78, 5) is 0. The van der Waals surface area contributed by atoms with Crippen LogP contribution < -0.4 is 5.73 Å². The largest absolute Gasteiger partial charge is 0.324 e. The van der Waals surface area contributed by atoms with Gasteiger partial charge in [0.25, 0.3) is 0 Å². The Hall–Kier alpha value is -1.34. The minimum Gasteiger partial charge on any atom is -0.324 e. The standard InChI is InChI=1S/C14H15N/c1-9-8-13-11-5-3-2-4-10(11)6-7-12(13)14(9)15/h2-7,9,14H,8,15H2,1H3. The predicted molar refractivity (Wildman–Crippen MR) is 63.7 cm³/mol. The van der Waals surface area contributed by atoms with Crippen molar-refractivity contribution in [1.29, 1.82) is 0 Å². The van der Waals surface area contributed by atoms with E-state index >= 15 is 0 Å². The van der Waals surface area contributed by atoms with Gasteiger partial charge in [-0.2, -0.15) is 0 Å². The Morgan fingerprint density at radius 3 is 2.80 bits per heavy atom. The highest BCUT2D eigenvalue weighted by Gasteiger charge is 2.27. The molecule has 0 saturated carbocycles. The molecule has 1 aliphatic carbocycles. The Morgan fingerprint density at radius 1 is 1.13 bits per heavy atom. The molecular weight excluding hydrogens is 182 g/mol. The quantitative estimate of drug-likeness (QED) is 0.690. The predicted octanol–water partition coefficient (Wildman–Crippen LogP) is 3.03. The molecule has 2 aromatic rings. The van der Waals surface area contributed by atoms with Crippen LogP contribution in [0.25, 0.3) is 10.8 Å². The van der Waals surface area contributed by atoms with Crippen molar-refractivity contribution in [2.75, 3.05) is 0 Å². The van der Waals surface area contributed by atoms with Crippen molar-refractivity contribution >= 4 is 10.8 Å². The number of fused-ring (bicyclic) bond motifs is 3. The molecule has 2 unspecified atom stereocenters. The Kier molecular flexibility index (Phi) is 1.83. The Bertz CT molecular complexity index is 516. The smallest absolute Gasteiger partial charge is 0.0327 e. The van der Waals surface area contributed by atoms with Crippen LogP contribution in [0.4, 0.5) is 0 Å². The van der Waals surface area contributed by atoms with E-state index in [0.29, 0.717) is 5.92 Å². The van der Waals surface area contributed by atoms with Crippen LogP contribution in [0.3, 0.4) is 0 Å². The summed E-state index contributed by atoms with van der Waals surface area (Å²) < 4.78 is 0. The second-order valence-corrected chi connectivity index (χ2v) is 4.56. The molecule has 2 aromatic carbocycles. The first-order valence-corrected chi connectivity index (χ1v) is 5.53. The van der Waals surface area contributed by atoms with Crippen LogP contribution in [0.15, 0.2) is 36.4 Å². The molecule has 0 aromatic heterocycles. The van der Waals surface area contributed by atoms with E-state index in [2.05, 4.69) is 43.3 Å². The van der Waals surface area contributed by atoms with Gasteiger partial charge in [0, 0.05) is 6.04 Å². The lowest BCUT2D eigenvalue weighted by Crippen LogP contribution is -2.13. The van der Waals surface area contributed by atoms with E-state index in [9.17, 15) is 0 Å². The highest BCUT2D eigenvalue weighted by molar-refractivity contribution is 5.87. The fraction of sp³-hybridized carbons (Fsp3) is 0.286. The van der Waals surface area contributed by atoms with Crippen molar-refractivity contribution < 1.29 is 0 Å². The topological polar surface area (TPSA) is 26.0 Å². The summed E-state index contributed by atoms with van der Waals surface area (Å²) in [6.07, 6.45) is 1.12. The van der Waals surface area contributed by atoms with Gasteiger partial charge in [0.05, 0.1) is 0 Å². The van der Waals surface area contributed by atoms with Crippen LogP contribution >= 0.6 is 0 Å². The molecule has 0 bridgehead atoms. The molecule has 15 heavy (non-hydrogen) atoms. The summed E-state index contributed by atoms with van der Waals surface area (Å²) >= 11 is 0. The summed E-state index contributed by atoms with van der Waals surface area (Å²) in [7, 11) is 0. The van der Waals surface area contributed by atoms with Crippen LogP contribution in [0.1, 0.15) is 24.1 Å². The third-order valence-electron chi connectivity index (χ3n) is 3.58. The van der Waals surface area contributed by atoms with Gasteiger partial charge >= 0.3 is 0 Å². The summed E-state index contributed by atoms with van der Waals surface area (Å²) in [5, 5.41) is 2.72. The fourth-order valence-corrected chi connectivity index (χ4v) is 2.65. The van der Waals surface area contributed by atoms with Gasteiger partial charge in [-0.1, -0.05) is 43.3 Å². The van der Waals surface area contributed by atoms with Gasteiger partial charge in [-0.15, -0.1) is 0 Å². The summed E-state index contributed by atoms with van der Waals surface area (Å²) in [6, 6.07) is 13.2. The molecule has 76 valence electrons. The third kappa shape index (κ3) is 1.20. The molecule has 1 nitrogen and oxygen atoms in total. The Labute approximate surface area is 89.9 Å². The zero-order valence-electron chi connectivity index (χ0n) is 8.90. The second kappa shape index (κ2) is 3.07. The maximum absolute atomic E-state index is 6.18. The molecule has 1 aliphatic rings. The molecule has 0 fully saturated rings. The normalized spacial score (nSPS) is 24.4. The average Bonchev–Trinajstić information content (AvgIpc) is 2.56. The fourth-order valence-electron chi connectivity index (χ4n) is 2.65. The summed E-state index contributed by atoms with van der Waals surface area (Å²) in [5.41, 5.74) is 9.00. The van der Waals surface area contributed by atoms with E-state index in [1.807, 2.05) is 0 Å². The lowest BCUT2D eigenvalue weighted by atomic mass is 10.0. The van der Waals surface area contributed by atoms with Crippen LogP contribution in [0, 0.1) is 5.92 Å². The highest BCUT2D eigenvalue weighted by atomic mass is 14.7. The number of benzene rings is 2. The Balaban J connectivity index is 2.33. The molecule has 2 atom stereocenters. The van der Waals surface area contributed by atoms with Gasteiger partial charge in [0.1, 0.15) is 0 Å². The minimum atomic E-state index is 0.226. The van der Waals surface area contributed by atoms with Gasteiger partial charge in [0.15, 0.2) is 0 Å². The molecule has 0 aliphatic heterocycles. The molecule has 3 rings (SSSR count). The van der Waals surface area contributed by atoms with E-state index in [1.54, 1.807) is 0 Å². The van der Waals surface area contributed by atoms with Gasteiger partial charge in [-0.3, -0.25) is 0 Å². The molecule has 2 N–H and O–H groups in total. The van der Waals surface area contributed by atoms with Gasteiger partial charge in [0.2, 0.25) is 0 Å². The van der Waals surface area contributed by atoms with E-state index < -0.39 is 0 Å². The minimum absolute atomic E-state index is 0.226. The number of rotatable bonds is 0. The van der Waals surface area contributed by atoms with E-state index in [-0.39, 0.29) is 6.04 Å². The van der Waals surface area contributed by atoms with Crippen molar-refractivity contribution in [2.24, 2.45) is 11.7 Å². The first-order valence-electron chi connectivity index (χ1n) is 5.53. The first-order chi connectivity index (χ1) is 7.27. The summed E-state index contributed by atoms with van der Waals surface area (Å²) in [6.45, 7) is 2.24. The van der Waals surface area contributed by atoms with Gasteiger partial charge in [-0.25, -0.2) is 0 Å². The van der Waals surface area contributed by atoms with Crippen LogP contribution in [0.5, 0.6) is 0 Å². The van der Waals surface area contributed by atoms with Crippen LogP contribution in [-0.4, -0.2) is 0 Å². The van der Waals surface area contributed by atoms with Crippen molar-refractivity contribution in [2.45, 2.75) is 19.4 Å². The maximum atomic E-state index is 6.18. The van der Waals surface area contributed by atoms with Gasteiger partial charge < -0.3 is 5.73 Å². The van der Waals surface area contributed by atoms with Crippen LogP contribution in [0.2, 0.25) is 0 Å². The average molecular weight is 197 g/mol. The lowest BCUT2D eigenvalue weighted by Gasteiger charge is -2.09. The van der Waals surface area contributed by atoms with E-state index in [0.717, 1.165) is 6.42 Å². The SMILES string of the molecule is CC1Cc2c(ccc3ccccc23)C1N. The number of hydrogen-bond donors (Lipinski definition) is 1. The van der Waals surface area contributed by atoms with Crippen LogP contribution in [-0.2, 0) is 6.42 Å². The van der Waals surface area contributed by atoms with Crippen molar-refractivity contribution in [3.05, 3.63) is 47.5 Å². The zero-order chi connectivity index (χ0) is 10.4. The zero-order valence-corrected chi connectivity index (χ0v) is 8.90. The molecule has 0 spiro atoms. The first kappa shape index (κ1) is 8.93. The van der Waals surface area contributed by atoms with Crippen molar-refractivity contribution in [3.8, 4) is 0 Å². The molecule has 0 radical (unpaired) electrons. The number of hydrogen-bond acceptors (Lipinski definition) is 1. The molecule has 0 heterocycles. The van der Waals surface area contributed by atoms with Crippen molar-refractivity contribution in [1.82, 2.24) is 0 Å². The van der Waals surface area contributed by atoms with E-state index in [4.69, 9.17) is 5.73 Å². The highest BCUT2D eigenvalue weighted by Crippen LogP contribution is 2.37. The lowest BCUT2D eigenvalue weighted by molar-refractivity contribution is 0.513. The van der Waals surface area contributed by atoms with Crippen molar-refractivity contribution in [3.63, 3.8) is 0 Å². The summed E-state index contributed by atoms with van der Waals surface area (Å²) in [5.74, 6) is 0.575. The molecule has 1 heteroatoms. The van der Waals surface area contributed by atoms with Gasteiger partial charge in [-0.05, 0) is 34.2 Å². The molecule has 0 amide bonds. The Morgan fingerprint density at radius 2 is 1.93 bits per heavy atom. The van der Waals surface area contributed by atoms with E-state index in [1.165, 1.54) is 21.9 Å².